The van der Waals surface area contributed by atoms with E-state index in [2.05, 4.69) is 64.8 Å². The fourth-order valence-electron chi connectivity index (χ4n) is 5.19. The molecule has 0 heterocycles. The molecule has 0 spiro atoms. The van der Waals surface area contributed by atoms with E-state index in [9.17, 15) is 0 Å². The Hall–Kier alpha value is -0.800. The second-order valence-corrected chi connectivity index (χ2v) is 11.0. The van der Waals surface area contributed by atoms with E-state index in [0.29, 0.717) is 0 Å². The molecule has 0 N–H and O–H groups in total. The molecule has 150 valence electrons. The van der Waals surface area contributed by atoms with Crippen LogP contribution in [0.25, 0.3) is 11.1 Å². The summed E-state index contributed by atoms with van der Waals surface area (Å²) in [6, 6.07) is 4.70. The van der Waals surface area contributed by atoms with Gasteiger partial charge in [0.1, 0.15) is 5.75 Å². The summed E-state index contributed by atoms with van der Waals surface area (Å²) < 4.78 is 8.38. The van der Waals surface area contributed by atoms with Gasteiger partial charge in [0, 0.05) is 10.0 Å². The number of halogens is 2. The Balaban J connectivity index is 2.15. The summed E-state index contributed by atoms with van der Waals surface area (Å²) in [6.07, 6.45) is 9.81. The molecular formula is C25H30Br2O. The van der Waals surface area contributed by atoms with Gasteiger partial charge in [-0.2, -0.15) is 0 Å². The number of rotatable bonds is 2. The molecule has 0 bridgehead atoms. The Bertz CT molecular complexity index is 922. The Morgan fingerprint density at radius 2 is 1.25 bits per heavy atom. The summed E-state index contributed by atoms with van der Waals surface area (Å²) in [6.45, 7) is 7.01. The average Bonchev–Trinajstić information content (AvgIpc) is 2.65. The van der Waals surface area contributed by atoms with E-state index in [1.165, 1.54) is 82.8 Å². The van der Waals surface area contributed by atoms with E-state index in [1.54, 1.807) is 5.56 Å². The molecule has 0 aliphatic heterocycles. The first-order valence-electron chi connectivity index (χ1n) is 10.6. The maximum atomic E-state index is 6.03. The molecular weight excluding hydrogens is 476 g/mol. The maximum Gasteiger partial charge on any atom is 0.141 e. The van der Waals surface area contributed by atoms with E-state index in [4.69, 9.17) is 4.74 Å². The molecule has 0 aromatic heterocycles. The average molecular weight is 506 g/mol. The number of hydrogen-bond acceptors (Lipinski definition) is 1. The molecule has 0 radical (unpaired) electrons. The third-order valence-electron chi connectivity index (χ3n) is 6.36. The smallest absolute Gasteiger partial charge is 0.141 e. The lowest BCUT2D eigenvalue weighted by atomic mass is 9.73. The Morgan fingerprint density at radius 1 is 0.750 bits per heavy atom. The minimum Gasteiger partial charge on any atom is -0.495 e. The van der Waals surface area contributed by atoms with Crippen molar-refractivity contribution in [3.8, 4) is 16.9 Å². The van der Waals surface area contributed by atoms with Crippen molar-refractivity contribution in [3.63, 3.8) is 0 Å². The highest BCUT2D eigenvalue weighted by molar-refractivity contribution is 9.10. The number of ether oxygens (including phenoxy) is 1. The van der Waals surface area contributed by atoms with Crippen LogP contribution in [0.3, 0.4) is 0 Å². The molecule has 2 aliphatic rings. The van der Waals surface area contributed by atoms with Crippen LogP contribution in [0.15, 0.2) is 21.1 Å². The third kappa shape index (κ3) is 3.47. The molecule has 28 heavy (non-hydrogen) atoms. The number of benzene rings is 2. The highest BCUT2D eigenvalue weighted by Crippen LogP contribution is 2.51. The van der Waals surface area contributed by atoms with Crippen molar-refractivity contribution in [2.75, 3.05) is 7.11 Å². The Labute approximate surface area is 186 Å². The zero-order valence-corrected chi connectivity index (χ0v) is 20.6. The zero-order valence-electron chi connectivity index (χ0n) is 17.5. The van der Waals surface area contributed by atoms with Crippen molar-refractivity contribution in [2.24, 2.45) is 0 Å². The maximum absolute atomic E-state index is 6.03. The summed E-state index contributed by atoms with van der Waals surface area (Å²) in [5.74, 6) is 1.01. The molecule has 1 nitrogen and oxygen atoms in total. The number of fused-ring (bicyclic) bond motifs is 2. The van der Waals surface area contributed by atoms with Gasteiger partial charge in [-0.3, -0.25) is 0 Å². The van der Waals surface area contributed by atoms with Gasteiger partial charge in [0.25, 0.3) is 0 Å². The van der Waals surface area contributed by atoms with Gasteiger partial charge in [-0.05, 0) is 118 Å². The van der Waals surface area contributed by atoms with Crippen LogP contribution in [0, 0.1) is 0 Å². The molecule has 0 saturated heterocycles. The highest BCUT2D eigenvalue weighted by Gasteiger charge is 2.32. The predicted octanol–water partition coefficient (Wildman–Crippen LogP) is 7.94. The highest BCUT2D eigenvalue weighted by atomic mass is 79.9. The number of hydrogen-bond donors (Lipinski definition) is 0. The quantitative estimate of drug-likeness (QED) is 0.402. The van der Waals surface area contributed by atoms with Crippen LogP contribution in [0.4, 0.5) is 0 Å². The minimum atomic E-state index is 0.0511. The van der Waals surface area contributed by atoms with Crippen molar-refractivity contribution in [2.45, 2.75) is 77.6 Å². The third-order valence-corrected chi connectivity index (χ3v) is 7.58. The van der Waals surface area contributed by atoms with Crippen LogP contribution in [-0.2, 0) is 31.1 Å². The molecule has 2 aromatic carbocycles. The fraction of sp³-hybridized carbons (Fsp3) is 0.520. The van der Waals surface area contributed by atoms with E-state index in [1.807, 2.05) is 7.11 Å². The van der Waals surface area contributed by atoms with Gasteiger partial charge in [0.2, 0.25) is 0 Å². The SMILES string of the molecule is COc1c(Br)cc2c(c1-c1c3c(cc(Br)c1C(C)(C)C)CCCC3)CCCC2. The van der Waals surface area contributed by atoms with Crippen LogP contribution in [0.1, 0.15) is 74.3 Å². The number of methoxy groups -OCH3 is 1. The molecule has 0 atom stereocenters. The summed E-state index contributed by atoms with van der Waals surface area (Å²) in [5, 5.41) is 0. The first-order chi connectivity index (χ1) is 13.3. The Kier molecular flexibility index (Phi) is 5.70. The molecule has 4 rings (SSSR count). The molecule has 0 unspecified atom stereocenters. The summed E-state index contributed by atoms with van der Waals surface area (Å²) in [7, 11) is 1.82. The molecule has 3 heteroatoms. The molecule has 0 saturated carbocycles. The molecule has 2 aliphatic carbocycles. The summed E-state index contributed by atoms with van der Waals surface area (Å²) >= 11 is 7.80. The van der Waals surface area contributed by atoms with Crippen LogP contribution in [-0.4, -0.2) is 7.11 Å². The van der Waals surface area contributed by atoms with Crippen LogP contribution in [0.5, 0.6) is 5.75 Å². The van der Waals surface area contributed by atoms with E-state index >= 15 is 0 Å². The topological polar surface area (TPSA) is 9.23 Å². The van der Waals surface area contributed by atoms with Gasteiger partial charge >= 0.3 is 0 Å². The Morgan fingerprint density at radius 3 is 1.79 bits per heavy atom. The first kappa shape index (κ1) is 20.5. The van der Waals surface area contributed by atoms with Crippen LogP contribution in [0.2, 0.25) is 0 Å². The second-order valence-electron chi connectivity index (χ2n) is 9.31. The van der Waals surface area contributed by atoms with E-state index in [0.717, 1.165) is 16.6 Å². The van der Waals surface area contributed by atoms with Crippen molar-refractivity contribution >= 4 is 31.9 Å². The van der Waals surface area contributed by atoms with Gasteiger partial charge in [-0.15, -0.1) is 0 Å². The lowest BCUT2D eigenvalue weighted by Crippen LogP contribution is -2.19. The van der Waals surface area contributed by atoms with Gasteiger partial charge in [0.05, 0.1) is 11.6 Å². The van der Waals surface area contributed by atoms with E-state index < -0.39 is 0 Å². The van der Waals surface area contributed by atoms with Gasteiger partial charge in [-0.25, -0.2) is 0 Å². The number of aryl methyl sites for hydroxylation is 2. The van der Waals surface area contributed by atoms with Crippen molar-refractivity contribution in [1.82, 2.24) is 0 Å². The fourth-order valence-corrected chi connectivity index (χ4v) is 6.90. The lowest BCUT2D eigenvalue weighted by Gasteiger charge is -2.33. The van der Waals surface area contributed by atoms with Crippen LogP contribution >= 0.6 is 31.9 Å². The minimum absolute atomic E-state index is 0.0511. The monoisotopic (exact) mass is 504 g/mol. The van der Waals surface area contributed by atoms with Crippen molar-refractivity contribution in [3.05, 3.63) is 48.9 Å². The second kappa shape index (κ2) is 7.80. The summed E-state index contributed by atoms with van der Waals surface area (Å²) in [4.78, 5) is 0. The van der Waals surface area contributed by atoms with Crippen LogP contribution < -0.4 is 4.74 Å². The van der Waals surface area contributed by atoms with Gasteiger partial charge in [0.15, 0.2) is 0 Å². The lowest BCUT2D eigenvalue weighted by molar-refractivity contribution is 0.412. The zero-order chi connectivity index (χ0) is 20.1. The first-order valence-corrected chi connectivity index (χ1v) is 12.1. The molecule has 2 aromatic rings. The normalized spacial score (nSPS) is 16.5. The summed E-state index contributed by atoms with van der Waals surface area (Å²) in [5.41, 5.74) is 10.4. The standard InChI is InChI=1S/C25H30Br2O/c1-25(2,3)23-19(26)13-15-9-5-7-11-17(15)21(23)22-18-12-8-6-10-16(18)14-20(27)24(22)28-4/h13-14H,5-12H2,1-4H3. The van der Waals surface area contributed by atoms with E-state index in [-0.39, 0.29) is 5.41 Å². The predicted molar refractivity (Wildman–Crippen MR) is 126 cm³/mol. The van der Waals surface area contributed by atoms with Gasteiger partial charge < -0.3 is 4.74 Å². The van der Waals surface area contributed by atoms with Crippen molar-refractivity contribution < 1.29 is 4.74 Å². The van der Waals surface area contributed by atoms with Gasteiger partial charge in [-0.1, -0.05) is 36.7 Å². The van der Waals surface area contributed by atoms with Crippen molar-refractivity contribution in [1.29, 1.82) is 0 Å². The molecule has 0 fully saturated rings. The largest absolute Gasteiger partial charge is 0.495 e. The molecule has 0 amide bonds.